The molecule has 0 amide bonds. The van der Waals surface area contributed by atoms with Gasteiger partial charge in [0.1, 0.15) is 0 Å². The van der Waals surface area contributed by atoms with Gasteiger partial charge in [-0.1, -0.05) is 30.3 Å². The number of nitriles is 1. The number of hydrogen-bond donors (Lipinski definition) is 1. The van der Waals surface area contributed by atoms with Crippen molar-refractivity contribution in [1.29, 1.82) is 5.26 Å². The van der Waals surface area contributed by atoms with Crippen LogP contribution in [0.4, 0.5) is 0 Å². The second kappa shape index (κ2) is 5.11. The Bertz CT molecular complexity index is 371. The zero-order valence-corrected chi connectivity index (χ0v) is 9.21. The van der Waals surface area contributed by atoms with E-state index < -0.39 is 0 Å². The molecule has 1 heterocycles. The highest BCUT2D eigenvalue weighted by atomic mass is 16.3. The van der Waals surface area contributed by atoms with Crippen molar-refractivity contribution in [2.45, 2.75) is 25.0 Å². The Morgan fingerprint density at radius 1 is 1.44 bits per heavy atom. The van der Waals surface area contributed by atoms with Gasteiger partial charge in [-0.2, -0.15) is 5.26 Å². The largest absolute Gasteiger partial charge is 0.392 e. The fraction of sp³-hybridized carbons (Fsp3) is 0.462. The predicted octanol–water partition coefficient (Wildman–Crippen LogP) is 1.71. The molecule has 1 N–H and O–H groups in total. The molecule has 0 radical (unpaired) electrons. The van der Waals surface area contributed by atoms with Gasteiger partial charge in [0.05, 0.1) is 18.6 Å². The SMILES string of the molecule is N#CCC(c1ccccc1)N1CC[C@@H](O)C1. The number of aliphatic hydroxyl groups excluding tert-OH is 1. The molecule has 2 rings (SSSR count). The highest BCUT2D eigenvalue weighted by Crippen LogP contribution is 2.27. The van der Waals surface area contributed by atoms with Crippen molar-refractivity contribution in [2.75, 3.05) is 13.1 Å². The van der Waals surface area contributed by atoms with Crippen LogP contribution in [-0.4, -0.2) is 29.2 Å². The van der Waals surface area contributed by atoms with Crippen molar-refractivity contribution in [2.24, 2.45) is 0 Å². The van der Waals surface area contributed by atoms with Gasteiger partial charge >= 0.3 is 0 Å². The van der Waals surface area contributed by atoms with Gasteiger partial charge in [0.25, 0.3) is 0 Å². The summed E-state index contributed by atoms with van der Waals surface area (Å²) in [6.45, 7) is 1.56. The molecule has 0 saturated carbocycles. The van der Waals surface area contributed by atoms with Crippen LogP contribution in [0.1, 0.15) is 24.4 Å². The molecule has 0 aliphatic carbocycles. The molecular weight excluding hydrogens is 200 g/mol. The Labute approximate surface area is 95.9 Å². The lowest BCUT2D eigenvalue weighted by Gasteiger charge is -2.25. The quantitative estimate of drug-likeness (QED) is 0.836. The molecule has 16 heavy (non-hydrogen) atoms. The van der Waals surface area contributed by atoms with Gasteiger partial charge in [-0.3, -0.25) is 4.90 Å². The summed E-state index contributed by atoms with van der Waals surface area (Å²) >= 11 is 0. The van der Waals surface area contributed by atoms with E-state index in [1.54, 1.807) is 0 Å². The molecule has 1 aliphatic heterocycles. The fourth-order valence-electron chi connectivity index (χ4n) is 2.27. The first kappa shape index (κ1) is 11.1. The van der Waals surface area contributed by atoms with Crippen molar-refractivity contribution >= 4 is 0 Å². The summed E-state index contributed by atoms with van der Waals surface area (Å²) in [5.41, 5.74) is 1.16. The van der Waals surface area contributed by atoms with Crippen LogP contribution >= 0.6 is 0 Å². The average Bonchev–Trinajstić information content (AvgIpc) is 2.74. The van der Waals surface area contributed by atoms with E-state index in [1.165, 1.54) is 0 Å². The molecule has 1 aromatic carbocycles. The summed E-state index contributed by atoms with van der Waals surface area (Å²) in [5, 5.41) is 18.4. The average molecular weight is 216 g/mol. The zero-order chi connectivity index (χ0) is 11.4. The lowest BCUT2D eigenvalue weighted by Crippen LogP contribution is -2.27. The molecule has 0 aromatic heterocycles. The number of aliphatic hydroxyl groups is 1. The highest BCUT2D eigenvalue weighted by molar-refractivity contribution is 5.20. The first-order valence-electron chi connectivity index (χ1n) is 5.65. The topological polar surface area (TPSA) is 47.3 Å². The number of likely N-dealkylation sites (tertiary alicyclic amines) is 1. The van der Waals surface area contributed by atoms with Crippen LogP contribution in [-0.2, 0) is 0 Å². The minimum atomic E-state index is -0.232. The van der Waals surface area contributed by atoms with Gasteiger partial charge in [0, 0.05) is 19.1 Å². The van der Waals surface area contributed by atoms with Crippen LogP contribution < -0.4 is 0 Å². The summed E-state index contributed by atoms with van der Waals surface area (Å²) in [4.78, 5) is 2.20. The van der Waals surface area contributed by atoms with Crippen molar-refractivity contribution in [3.8, 4) is 6.07 Å². The van der Waals surface area contributed by atoms with E-state index in [-0.39, 0.29) is 12.1 Å². The molecular formula is C13H16N2O. The molecule has 1 saturated heterocycles. The molecule has 0 spiro atoms. The molecule has 3 heteroatoms. The Morgan fingerprint density at radius 2 is 2.19 bits per heavy atom. The van der Waals surface area contributed by atoms with Gasteiger partial charge < -0.3 is 5.11 Å². The van der Waals surface area contributed by atoms with Crippen LogP contribution in [0.5, 0.6) is 0 Å². The molecule has 0 bridgehead atoms. The smallest absolute Gasteiger partial charge is 0.0679 e. The van der Waals surface area contributed by atoms with Crippen molar-refractivity contribution < 1.29 is 5.11 Å². The monoisotopic (exact) mass is 216 g/mol. The van der Waals surface area contributed by atoms with Crippen LogP contribution in [0.15, 0.2) is 30.3 Å². The van der Waals surface area contributed by atoms with Crippen molar-refractivity contribution in [3.05, 3.63) is 35.9 Å². The van der Waals surface area contributed by atoms with Crippen molar-refractivity contribution in [3.63, 3.8) is 0 Å². The standard InChI is InChI=1S/C13H16N2O/c14-8-6-13(11-4-2-1-3-5-11)15-9-7-12(16)10-15/h1-5,12-13,16H,6-7,9-10H2/t12-,13?/m1/s1. The van der Waals surface area contributed by atoms with Crippen molar-refractivity contribution in [1.82, 2.24) is 4.90 Å². The minimum absolute atomic E-state index is 0.128. The first-order chi connectivity index (χ1) is 7.81. The molecule has 84 valence electrons. The maximum Gasteiger partial charge on any atom is 0.0679 e. The Kier molecular flexibility index (Phi) is 3.55. The van der Waals surface area contributed by atoms with Crippen LogP contribution in [0, 0.1) is 11.3 Å². The maximum atomic E-state index is 9.54. The zero-order valence-electron chi connectivity index (χ0n) is 9.21. The molecule has 1 fully saturated rings. The van der Waals surface area contributed by atoms with Crippen LogP contribution in [0.25, 0.3) is 0 Å². The number of benzene rings is 1. The summed E-state index contributed by atoms with van der Waals surface area (Å²) < 4.78 is 0. The highest BCUT2D eigenvalue weighted by Gasteiger charge is 2.27. The second-order valence-electron chi connectivity index (χ2n) is 4.23. The normalized spacial score (nSPS) is 22.9. The van der Waals surface area contributed by atoms with E-state index in [0.717, 1.165) is 18.5 Å². The molecule has 1 unspecified atom stereocenters. The number of β-amino-alcohol motifs (C(OH)–C–C–N with tert-alkyl or cyclic N) is 1. The molecule has 2 atom stereocenters. The predicted molar refractivity (Wildman–Crippen MR) is 61.6 cm³/mol. The fourth-order valence-corrected chi connectivity index (χ4v) is 2.27. The summed E-state index contributed by atoms with van der Waals surface area (Å²) in [6, 6.07) is 12.4. The van der Waals surface area contributed by atoms with E-state index in [9.17, 15) is 5.11 Å². The Balaban J connectivity index is 2.15. The number of nitrogens with zero attached hydrogens (tertiary/aromatic N) is 2. The van der Waals surface area contributed by atoms with E-state index >= 15 is 0 Å². The molecule has 1 aromatic rings. The Morgan fingerprint density at radius 3 is 2.75 bits per heavy atom. The van der Waals surface area contributed by atoms with Gasteiger partial charge in [-0.15, -0.1) is 0 Å². The van der Waals surface area contributed by atoms with Gasteiger partial charge in [0.15, 0.2) is 0 Å². The van der Waals surface area contributed by atoms with E-state index in [2.05, 4.69) is 11.0 Å². The third-order valence-corrected chi connectivity index (χ3v) is 3.10. The number of rotatable bonds is 3. The lowest BCUT2D eigenvalue weighted by atomic mass is 10.0. The Hall–Kier alpha value is -1.37. The third-order valence-electron chi connectivity index (χ3n) is 3.10. The summed E-state index contributed by atoms with van der Waals surface area (Å²) in [6.07, 6.45) is 1.07. The van der Waals surface area contributed by atoms with Crippen LogP contribution in [0.3, 0.4) is 0 Å². The number of hydrogen-bond acceptors (Lipinski definition) is 3. The molecule has 3 nitrogen and oxygen atoms in total. The van der Waals surface area contributed by atoms with Crippen LogP contribution in [0.2, 0.25) is 0 Å². The summed E-state index contributed by atoms with van der Waals surface area (Å²) in [7, 11) is 0. The van der Waals surface area contributed by atoms with E-state index in [0.29, 0.717) is 13.0 Å². The lowest BCUT2D eigenvalue weighted by molar-refractivity contribution is 0.159. The maximum absolute atomic E-state index is 9.54. The van der Waals surface area contributed by atoms with Gasteiger partial charge in [-0.25, -0.2) is 0 Å². The first-order valence-corrected chi connectivity index (χ1v) is 5.65. The third kappa shape index (κ3) is 2.41. The second-order valence-corrected chi connectivity index (χ2v) is 4.23. The van der Waals surface area contributed by atoms with E-state index in [4.69, 9.17) is 5.26 Å². The molecule has 1 aliphatic rings. The minimum Gasteiger partial charge on any atom is -0.392 e. The van der Waals surface area contributed by atoms with E-state index in [1.807, 2.05) is 30.3 Å². The van der Waals surface area contributed by atoms with Gasteiger partial charge in [-0.05, 0) is 12.0 Å². The summed E-state index contributed by atoms with van der Waals surface area (Å²) in [5.74, 6) is 0. The van der Waals surface area contributed by atoms with Gasteiger partial charge in [0.2, 0.25) is 0 Å².